The van der Waals surface area contributed by atoms with Crippen LogP contribution in [0.5, 0.6) is 11.5 Å². The molecule has 13 heteroatoms. The largest absolute Gasteiger partial charge is 0.496 e. The summed E-state index contributed by atoms with van der Waals surface area (Å²) in [5, 5.41) is 0.210. The summed E-state index contributed by atoms with van der Waals surface area (Å²) in [7, 11) is -2.18. The van der Waals surface area contributed by atoms with Crippen molar-refractivity contribution in [3.63, 3.8) is 0 Å². The molecule has 5 fully saturated rings. The second-order valence-electron chi connectivity index (χ2n) is 19.4. The van der Waals surface area contributed by atoms with E-state index in [9.17, 15) is 22.8 Å². The maximum absolute atomic E-state index is 15.4. The van der Waals surface area contributed by atoms with E-state index in [1.165, 1.54) is 0 Å². The molecule has 0 spiro atoms. The van der Waals surface area contributed by atoms with Gasteiger partial charge in [0.05, 0.1) is 41.6 Å². The average Bonchev–Trinajstić information content (AvgIpc) is 4.23. The zero-order chi connectivity index (χ0) is 43.9. The minimum atomic E-state index is -3.86. The summed E-state index contributed by atoms with van der Waals surface area (Å²) in [6, 6.07) is 14.9. The molecule has 3 aliphatic heterocycles. The summed E-state index contributed by atoms with van der Waals surface area (Å²) in [5.74, 6) is -0.457. The summed E-state index contributed by atoms with van der Waals surface area (Å²) in [6.07, 6.45) is 12.9. The monoisotopic (exact) mass is 878 g/mol. The number of allylic oxidation sites excluding steroid dienone is 1. The van der Waals surface area contributed by atoms with E-state index in [1.54, 1.807) is 18.1 Å². The highest BCUT2D eigenvalue weighted by molar-refractivity contribution is 7.90. The zero-order valence-corrected chi connectivity index (χ0v) is 37.4. The molecule has 6 bridgehead atoms. The summed E-state index contributed by atoms with van der Waals surface area (Å²) in [6.45, 7) is 5.40. The van der Waals surface area contributed by atoms with Gasteiger partial charge in [-0.05, 0) is 93.6 Å². The van der Waals surface area contributed by atoms with E-state index in [0.29, 0.717) is 55.2 Å². The number of pyridine rings is 1. The Balaban J connectivity index is 1.11. The van der Waals surface area contributed by atoms with Crippen LogP contribution in [0.3, 0.4) is 0 Å². The van der Waals surface area contributed by atoms with Crippen molar-refractivity contribution in [2.75, 3.05) is 26.7 Å². The van der Waals surface area contributed by atoms with Gasteiger partial charge in [-0.3, -0.25) is 23.9 Å². The van der Waals surface area contributed by atoms with E-state index in [-0.39, 0.29) is 55.2 Å². The normalized spacial score (nSPS) is 28.4. The van der Waals surface area contributed by atoms with Gasteiger partial charge in [0.2, 0.25) is 27.7 Å². The van der Waals surface area contributed by atoms with Crippen molar-refractivity contribution in [1.29, 1.82) is 0 Å². The number of hydrogen-bond donors (Lipinski definition) is 1. The van der Waals surface area contributed by atoms with Crippen LogP contribution in [0.25, 0.3) is 22.2 Å². The van der Waals surface area contributed by atoms with Crippen molar-refractivity contribution in [1.82, 2.24) is 19.5 Å². The Bertz CT molecular complexity index is 2360. The maximum Gasteiger partial charge on any atom is 0.240 e. The lowest BCUT2D eigenvalue weighted by Gasteiger charge is -2.37. The quantitative estimate of drug-likeness (QED) is 0.203. The highest BCUT2D eigenvalue weighted by Crippen LogP contribution is 2.57. The first kappa shape index (κ1) is 43.5. The van der Waals surface area contributed by atoms with E-state index in [1.807, 2.05) is 47.4 Å². The third kappa shape index (κ3) is 9.13. The first-order valence-electron chi connectivity index (χ1n) is 23.5. The number of hydrogen-bond acceptors (Lipinski definition) is 9. The SMILES string of the molecule is C=C[C@H]1C[C@]1(CC(=O)[C@@H]1C[C@@H]2CN1C(=O)[C@H](C1CCCCC1)CC(=O)N1CCC[C@H](CCCCc3cc4c(cc(-c5ccccc5)nc4cc3OC)O2)C1)C(=O)NS(=O)(=O)C1CC1. The van der Waals surface area contributed by atoms with E-state index in [0.717, 1.165) is 92.9 Å². The number of ketones is 1. The zero-order valence-electron chi connectivity index (χ0n) is 36.6. The highest BCUT2D eigenvalue weighted by atomic mass is 32.2. The first-order chi connectivity index (χ1) is 30.5. The van der Waals surface area contributed by atoms with Crippen molar-refractivity contribution in [3.05, 3.63) is 66.7 Å². The number of aryl methyl sites for hydroxylation is 1. The average molecular weight is 879 g/mol. The molecule has 2 aromatic carbocycles. The molecule has 3 aliphatic carbocycles. The number of sulfonamides is 1. The van der Waals surface area contributed by atoms with Gasteiger partial charge in [-0.2, -0.15) is 0 Å². The van der Waals surface area contributed by atoms with Crippen molar-refractivity contribution in [3.8, 4) is 22.8 Å². The standard InChI is InChI=1S/C50H62N4O8S/c1-3-36-28-50(36,49(58)52-63(59,60)38-20-21-38)29-44(55)43-24-37-31-54(43)48(57)39(33-15-6-4-7-16-33)25-47(56)53-22-12-14-32(30-53)13-10-11-19-35-23-40-42(27-45(35)61-2)51-41(26-46(40)62-37)34-17-8-5-9-18-34/h3,5,8-9,17-18,23,26-27,32-33,36-39,43H,1,4,6-7,10-16,19-22,24-25,28-31H2,2H3,(H,52,58)/t32-,36-,37+,39-,43-,50+/m0/s1. The van der Waals surface area contributed by atoms with Crippen molar-refractivity contribution < 1.29 is 37.1 Å². The van der Waals surface area contributed by atoms with Gasteiger partial charge in [-0.25, -0.2) is 13.4 Å². The Kier molecular flexibility index (Phi) is 12.4. The van der Waals surface area contributed by atoms with Crippen molar-refractivity contribution >= 4 is 44.4 Å². The number of methoxy groups -OCH3 is 1. The molecule has 4 heterocycles. The maximum atomic E-state index is 15.4. The van der Waals surface area contributed by atoms with E-state index < -0.39 is 44.7 Å². The molecule has 63 heavy (non-hydrogen) atoms. The predicted molar refractivity (Wildman–Crippen MR) is 240 cm³/mol. The molecule has 3 amide bonds. The Morgan fingerprint density at radius 1 is 0.968 bits per heavy atom. The number of Topliss-reactive ketones (excluding diaryl/α,β-unsaturated/α-hetero) is 1. The molecule has 3 saturated carbocycles. The Morgan fingerprint density at radius 2 is 1.73 bits per heavy atom. The second kappa shape index (κ2) is 18.0. The number of fused-ring (bicyclic) bond motifs is 5. The summed E-state index contributed by atoms with van der Waals surface area (Å²) in [4.78, 5) is 67.3. The molecule has 1 aromatic heterocycles. The van der Waals surface area contributed by atoms with Crippen LogP contribution in [0.4, 0.5) is 0 Å². The van der Waals surface area contributed by atoms with Crippen molar-refractivity contribution in [2.24, 2.45) is 29.1 Å². The van der Waals surface area contributed by atoms with Crippen LogP contribution in [0, 0.1) is 29.1 Å². The van der Waals surface area contributed by atoms with Gasteiger partial charge in [0.25, 0.3) is 0 Å². The van der Waals surface area contributed by atoms with Crippen LogP contribution in [-0.2, 0) is 35.6 Å². The number of amides is 3. The van der Waals surface area contributed by atoms with Gasteiger partial charge in [-0.15, -0.1) is 6.58 Å². The van der Waals surface area contributed by atoms with Crippen molar-refractivity contribution in [2.45, 2.75) is 127 Å². The number of ether oxygens (including phenoxy) is 2. The summed E-state index contributed by atoms with van der Waals surface area (Å²) in [5.41, 5.74) is 2.09. The molecule has 6 atom stereocenters. The van der Waals surface area contributed by atoms with Gasteiger partial charge in [0.15, 0.2) is 5.78 Å². The molecule has 0 radical (unpaired) electrons. The lowest BCUT2D eigenvalue weighted by Crippen LogP contribution is -2.49. The molecule has 336 valence electrons. The summed E-state index contributed by atoms with van der Waals surface area (Å²) >= 11 is 0. The minimum Gasteiger partial charge on any atom is -0.496 e. The first-order valence-corrected chi connectivity index (χ1v) is 25.0. The van der Waals surface area contributed by atoms with Crippen LogP contribution < -0.4 is 14.2 Å². The number of carbonyl (C=O) groups is 4. The highest BCUT2D eigenvalue weighted by Gasteiger charge is 2.61. The third-order valence-corrected chi connectivity index (χ3v) is 16.9. The fraction of sp³-hybridized carbons (Fsp3) is 0.580. The van der Waals surface area contributed by atoms with Crippen LogP contribution >= 0.6 is 0 Å². The fourth-order valence-electron chi connectivity index (χ4n) is 11.2. The molecular formula is C50H62N4O8S. The lowest BCUT2D eigenvalue weighted by molar-refractivity contribution is -0.147. The molecule has 3 aromatic rings. The second-order valence-corrected chi connectivity index (χ2v) is 21.3. The molecule has 9 rings (SSSR count). The molecular weight excluding hydrogens is 817 g/mol. The third-order valence-electron chi connectivity index (χ3n) is 15.1. The number of piperidine rings is 1. The van der Waals surface area contributed by atoms with Gasteiger partial charge >= 0.3 is 0 Å². The molecule has 0 unspecified atom stereocenters. The predicted octanol–water partition coefficient (Wildman–Crippen LogP) is 7.57. The number of nitrogens with one attached hydrogen (secondary N) is 1. The van der Waals surface area contributed by atoms with Crippen LogP contribution in [0.1, 0.15) is 108 Å². The number of benzene rings is 2. The Morgan fingerprint density at radius 3 is 2.46 bits per heavy atom. The molecule has 12 nitrogen and oxygen atoms in total. The van der Waals surface area contributed by atoms with Gasteiger partial charge < -0.3 is 19.3 Å². The molecule has 6 aliphatic rings. The number of nitrogens with zero attached hydrogens (tertiary/aromatic N) is 3. The van der Waals surface area contributed by atoms with Gasteiger partial charge in [0, 0.05) is 61.4 Å². The van der Waals surface area contributed by atoms with E-state index >= 15 is 4.79 Å². The van der Waals surface area contributed by atoms with Crippen LogP contribution in [0.15, 0.2) is 61.2 Å². The number of carbonyl (C=O) groups excluding carboxylic acids is 4. The lowest BCUT2D eigenvalue weighted by atomic mass is 9.77. The number of aromatic nitrogens is 1. The van der Waals surface area contributed by atoms with Gasteiger partial charge in [-0.1, -0.05) is 62.1 Å². The summed E-state index contributed by atoms with van der Waals surface area (Å²) < 4.78 is 41.2. The Hall–Kier alpha value is -4.78. The molecule has 1 N–H and O–H groups in total. The minimum absolute atomic E-state index is 0.00379. The smallest absolute Gasteiger partial charge is 0.240 e. The Labute approximate surface area is 371 Å². The van der Waals surface area contributed by atoms with Crippen LogP contribution in [0.2, 0.25) is 0 Å². The van der Waals surface area contributed by atoms with Gasteiger partial charge in [0.1, 0.15) is 17.6 Å². The number of rotatable bonds is 10. The van der Waals surface area contributed by atoms with E-state index in [4.69, 9.17) is 14.5 Å². The fourth-order valence-corrected chi connectivity index (χ4v) is 12.6. The van der Waals surface area contributed by atoms with Crippen LogP contribution in [-0.4, -0.2) is 90.8 Å². The van der Waals surface area contributed by atoms with E-state index in [2.05, 4.69) is 17.4 Å². The molecule has 2 saturated heterocycles. The topological polar surface area (TPSA) is 152 Å².